The van der Waals surface area contributed by atoms with Gasteiger partial charge in [-0.15, -0.1) is 0 Å². The van der Waals surface area contributed by atoms with Crippen LogP contribution >= 0.6 is 11.6 Å². The SMILES string of the molecule is C=C(N=C(\C(=C/C=C\C=C\N)C(=O)NCc1cccc(Cl)c1)c1cc(OC)ccc1C)c1cccnc1. The fourth-order valence-electron chi connectivity index (χ4n) is 3.45. The van der Waals surface area contributed by atoms with Crippen LogP contribution in [0.15, 0.2) is 115 Å². The van der Waals surface area contributed by atoms with Crippen molar-refractivity contribution < 1.29 is 9.53 Å². The first-order valence-electron chi connectivity index (χ1n) is 11.5. The highest BCUT2D eigenvalue weighted by atomic mass is 35.5. The normalized spacial score (nSPS) is 12.2. The number of carbonyl (C=O) groups is 1. The first-order chi connectivity index (χ1) is 17.9. The molecule has 0 atom stereocenters. The van der Waals surface area contributed by atoms with Gasteiger partial charge >= 0.3 is 0 Å². The van der Waals surface area contributed by atoms with E-state index in [1.807, 2.05) is 55.5 Å². The van der Waals surface area contributed by atoms with E-state index in [1.54, 1.807) is 49.9 Å². The summed E-state index contributed by atoms with van der Waals surface area (Å²) in [5, 5.41) is 3.58. The second-order valence-electron chi connectivity index (χ2n) is 7.99. The van der Waals surface area contributed by atoms with Crippen LogP contribution in [0.25, 0.3) is 5.70 Å². The van der Waals surface area contributed by atoms with Crippen LogP contribution in [0.1, 0.15) is 22.3 Å². The third kappa shape index (κ3) is 7.78. The maximum absolute atomic E-state index is 13.6. The van der Waals surface area contributed by atoms with Gasteiger partial charge in [-0.25, -0.2) is 4.99 Å². The highest BCUT2D eigenvalue weighted by Gasteiger charge is 2.20. The van der Waals surface area contributed by atoms with Crippen molar-refractivity contribution >= 4 is 28.9 Å². The number of pyridine rings is 1. The molecule has 0 radical (unpaired) electrons. The lowest BCUT2D eigenvalue weighted by molar-refractivity contribution is -0.117. The Labute approximate surface area is 222 Å². The van der Waals surface area contributed by atoms with Crippen molar-refractivity contribution in [3.8, 4) is 5.75 Å². The summed E-state index contributed by atoms with van der Waals surface area (Å²) in [4.78, 5) is 22.6. The van der Waals surface area contributed by atoms with E-state index in [0.717, 1.165) is 22.3 Å². The molecule has 7 heteroatoms. The number of nitrogens with one attached hydrogen (secondary N) is 1. The van der Waals surface area contributed by atoms with Gasteiger partial charge in [0.25, 0.3) is 5.91 Å². The van der Waals surface area contributed by atoms with E-state index in [4.69, 9.17) is 27.1 Å². The molecule has 0 unspecified atom stereocenters. The van der Waals surface area contributed by atoms with Gasteiger partial charge in [0.1, 0.15) is 5.75 Å². The summed E-state index contributed by atoms with van der Waals surface area (Å²) in [7, 11) is 1.59. The molecule has 1 heterocycles. The summed E-state index contributed by atoms with van der Waals surface area (Å²) in [5.41, 5.74) is 9.96. The number of aliphatic imine (C=N–C) groups is 1. The highest BCUT2D eigenvalue weighted by molar-refractivity contribution is 6.30. The number of aromatic nitrogens is 1. The molecule has 0 aliphatic heterocycles. The summed E-state index contributed by atoms with van der Waals surface area (Å²) < 4.78 is 5.46. The van der Waals surface area contributed by atoms with Crippen molar-refractivity contribution in [1.29, 1.82) is 0 Å². The van der Waals surface area contributed by atoms with E-state index < -0.39 is 0 Å². The van der Waals surface area contributed by atoms with E-state index in [-0.39, 0.29) is 12.5 Å². The Morgan fingerprint density at radius 1 is 1.16 bits per heavy atom. The minimum absolute atomic E-state index is 0.289. The molecule has 3 rings (SSSR count). The number of rotatable bonds is 10. The van der Waals surface area contributed by atoms with Crippen LogP contribution in [0.4, 0.5) is 0 Å². The van der Waals surface area contributed by atoms with Gasteiger partial charge in [0.2, 0.25) is 0 Å². The number of nitrogens with two attached hydrogens (primary N) is 1. The fraction of sp³-hybridized carbons (Fsp3) is 0.100. The number of nitrogens with zero attached hydrogens (tertiary/aromatic N) is 2. The average Bonchev–Trinajstić information content (AvgIpc) is 2.91. The van der Waals surface area contributed by atoms with Gasteiger partial charge in [-0.3, -0.25) is 9.78 Å². The Kier molecular flexibility index (Phi) is 10.00. The number of carbonyl (C=O) groups excluding carboxylic acids is 1. The molecule has 0 aliphatic carbocycles. The van der Waals surface area contributed by atoms with Crippen LogP contribution in [0.3, 0.4) is 0 Å². The van der Waals surface area contributed by atoms with Gasteiger partial charge in [0, 0.05) is 35.1 Å². The van der Waals surface area contributed by atoms with Crippen molar-refractivity contribution in [2.24, 2.45) is 10.7 Å². The number of allylic oxidation sites excluding steroid dienone is 4. The lowest BCUT2D eigenvalue weighted by atomic mass is 9.96. The predicted octanol–water partition coefficient (Wildman–Crippen LogP) is 5.78. The van der Waals surface area contributed by atoms with Crippen LogP contribution in [-0.4, -0.2) is 23.7 Å². The van der Waals surface area contributed by atoms with Gasteiger partial charge in [-0.05, 0) is 72.8 Å². The molecule has 3 N–H and O–H groups in total. The number of methoxy groups -OCH3 is 1. The molecule has 6 nitrogen and oxygen atoms in total. The van der Waals surface area contributed by atoms with Crippen molar-refractivity contribution in [2.75, 3.05) is 7.11 Å². The molecule has 0 spiro atoms. The third-order valence-corrected chi connectivity index (χ3v) is 5.61. The van der Waals surface area contributed by atoms with E-state index in [9.17, 15) is 4.79 Å². The van der Waals surface area contributed by atoms with Crippen LogP contribution in [0, 0.1) is 6.92 Å². The summed E-state index contributed by atoms with van der Waals surface area (Å²) >= 11 is 6.12. The zero-order valence-corrected chi connectivity index (χ0v) is 21.6. The van der Waals surface area contributed by atoms with Crippen LogP contribution in [0.2, 0.25) is 5.02 Å². The Morgan fingerprint density at radius 3 is 2.70 bits per heavy atom. The molecule has 0 saturated carbocycles. The van der Waals surface area contributed by atoms with Gasteiger partial charge < -0.3 is 15.8 Å². The first kappa shape index (κ1) is 27.2. The Morgan fingerprint density at radius 2 is 2.00 bits per heavy atom. The van der Waals surface area contributed by atoms with Crippen LogP contribution < -0.4 is 15.8 Å². The number of hydrogen-bond donors (Lipinski definition) is 2. The molecule has 188 valence electrons. The van der Waals surface area contributed by atoms with Gasteiger partial charge in [-0.1, -0.05) is 48.5 Å². The lowest BCUT2D eigenvalue weighted by Gasteiger charge is -2.16. The first-order valence-corrected chi connectivity index (χ1v) is 11.9. The monoisotopic (exact) mass is 512 g/mol. The molecule has 0 bridgehead atoms. The summed E-state index contributed by atoms with van der Waals surface area (Å²) in [6, 6.07) is 16.6. The molecule has 0 fully saturated rings. The predicted molar refractivity (Wildman–Crippen MR) is 151 cm³/mol. The van der Waals surface area contributed by atoms with Gasteiger partial charge in [0.15, 0.2) is 0 Å². The largest absolute Gasteiger partial charge is 0.497 e. The second-order valence-corrected chi connectivity index (χ2v) is 8.43. The van der Waals surface area contributed by atoms with E-state index in [0.29, 0.717) is 27.8 Å². The molecule has 1 amide bonds. The summed E-state index contributed by atoms with van der Waals surface area (Å²) in [6.07, 6.45) is 11.6. The van der Waals surface area contributed by atoms with E-state index in [1.165, 1.54) is 6.20 Å². The van der Waals surface area contributed by atoms with Crippen molar-refractivity contribution in [1.82, 2.24) is 10.3 Å². The molecule has 0 aliphatic rings. The number of hydrogen-bond acceptors (Lipinski definition) is 5. The Bertz CT molecular complexity index is 1380. The quantitative estimate of drug-likeness (QED) is 0.204. The highest BCUT2D eigenvalue weighted by Crippen LogP contribution is 2.24. The minimum Gasteiger partial charge on any atom is -0.497 e. The second kappa shape index (κ2) is 13.6. The Balaban J connectivity index is 2.12. The zero-order valence-electron chi connectivity index (χ0n) is 20.8. The maximum atomic E-state index is 13.6. The summed E-state index contributed by atoms with van der Waals surface area (Å²) in [5.74, 6) is 0.321. The van der Waals surface area contributed by atoms with Crippen molar-refractivity contribution in [3.05, 3.63) is 137 Å². The molecule has 0 saturated heterocycles. The summed E-state index contributed by atoms with van der Waals surface area (Å²) in [6.45, 7) is 6.38. The standard InChI is InChI=1S/C30H29ClN4O2/c1-21-13-14-26(37-3)18-28(21)29(35-22(2)24-10-8-16-33-20-24)27(12-5-4-6-15-32)30(36)34-19-23-9-7-11-25(31)17-23/h4-18,20H,2,19,32H2,1,3H3,(H,34,36)/b5-4-,15-6+,27-12+,35-29?. The molecule has 2 aromatic carbocycles. The molecular formula is C30H29ClN4O2. The number of benzene rings is 2. The molecular weight excluding hydrogens is 484 g/mol. The number of aryl methyl sites for hydroxylation is 1. The van der Waals surface area contributed by atoms with E-state index >= 15 is 0 Å². The number of amides is 1. The van der Waals surface area contributed by atoms with Crippen LogP contribution in [-0.2, 0) is 11.3 Å². The molecule has 37 heavy (non-hydrogen) atoms. The molecule has 3 aromatic rings. The lowest BCUT2D eigenvalue weighted by Crippen LogP contribution is -2.29. The smallest absolute Gasteiger partial charge is 0.253 e. The maximum Gasteiger partial charge on any atom is 0.253 e. The third-order valence-electron chi connectivity index (χ3n) is 5.38. The van der Waals surface area contributed by atoms with Crippen LogP contribution in [0.5, 0.6) is 5.75 Å². The number of ether oxygens (including phenoxy) is 1. The van der Waals surface area contributed by atoms with Crippen molar-refractivity contribution in [2.45, 2.75) is 13.5 Å². The van der Waals surface area contributed by atoms with E-state index in [2.05, 4.69) is 16.9 Å². The average molecular weight is 513 g/mol. The Hall–Kier alpha value is -4.42. The van der Waals surface area contributed by atoms with Gasteiger partial charge in [-0.2, -0.15) is 0 Å². The minimum atomic E-state index is -0.318. The topological polar surface area (TPSA) is 89.6 Å². The number of halogens is 1. The molecule has 1 aromatic heterocycles. The zero-order chi connectivity index (χ0) is 26.6. The van der Waals surface area contributed by atoms with Crippen molar-refractivity contribution in [3.63, 3.8) is 0 Å². The fourth-order valence-corrected chi connectivity index (χ4v) is 3.66. The van der Waals surface area contributed by atoms with Gasteiger partial charge in [0.05, 0.1) is 24.1 Å².